The predicted octanol–water partition coefficient (Wildman–Crippen LogP) is 7.02. The number of aliphatic hydroxyl groups excluding tert-OH is 1. The molecule has 1 aliphatic rings. The van der Waals surface area contributed by atoms with Crippen LogP contribution in [0.5, 0.6) is 5.75 Å². The molecule has 5 aromatic rings. The lowest BCUT2D eigenvalue weighted by atomic mass is 10.0. The summed E-state index contributed by atoms with van der Waals surface area (Å²) in [4.78, 5) is 34.1. The first-order valence-corrected chi connectivity index (χ1v) is 13.4. The van der Waals surface area contributed by atoms with Gasteiger partial charge in [-0.15, -0.1) is 11.3 Å². The van der Waals surface area contributed by atoms with Gasteiger partial charge in [0.05, 0.1) is 22.9 Å². The molecule has 0 spiro atoms. The molecule has 7 nitrogen and oxygen atoms in total. The number of thiazole rings is 1. The Kier molecular flexibility index (Phi) is 5.62. The second kappa shape index (κ2) is 8.86. The van der Waals surface area contributed by atoms with Crippen molar-refractivity contribution >= 4 is 60.7 Å². The minimum atomic E-state index is -0.833. The van der Waals surface area contributed by atoms with Crippen LogP contribution in [-0.4, -0.2) is 28.9 Å². The van der Waals surface area contributed by atoms with Gasteiger partial charge >= 0.3 is 0 Å². The quantitative estimate of drug-likeness (QED) is 0.237. The van der Waals surface area contributed by atoms with Crippen LogP contribution in [0.1, 0.15) is 46.8 Å². The van der Waals surface area contributed by atoms with Crippen molar-refractivity contribution in [1.29, 1.82) is 0 Å². The zero-order valence-corrected chi connectivity index (χ0v) is 21.9. The number of amides is 1. The van der Waals surface area contributed by atoms with Crippen molar-refractivity contribution in [2.24, 2.45) is 0 Å². The van der Waals surface area contributed by atoms with Crippen LogP contribution in [0.3, 0.4) is 0 Å². The van der Waals surface area contributed by atoms with E-state index in [2.05, 4.69) is 19.9 Å². The number of ketones is 1. The number of furan rings is 1. The number of fused-ring (bicyclic) bond motifs is 2. The number of nitrogens with zero attached hydrogens (tertiary/aromatic N) is 2. The third-order valence-electron chi connectivity index (χ3n) is 6.49. The summed E-state index contributed by atoms with van der Waals surface area (Å²) < 4.78 is 12.2. The molecule has 1 amide bonds. The molecule has 186 valence electrons. The number of hydrogen-bond acceptors (Lipinski definition) is 8. The van der Waals surface area contributed by atoms with Gasteiger partial charge in [-0.1, -0.05) is 49.4 Å². The van der Waals surface area contributed by atoms with Crippen molar-refractivity contribution < 1.29 is 23.8 Å². The highest BCUT2D eigenvalue weighted by atomic mass is 32.1. The zero-order valence-electron chi connectivity index (χ0n) is 20.2. The average Bonchev–Trinajstić information content (AvgIpc) is 3.68. The second-order valence-electron chi connectivity index (χ2n) is 9.05. The van der Waals surface area contributed by atoms with E-state index in [4.69, 9.17) is 14.1 Å². The Morgan fingerprint density at radius 2 is 2.00 bits per heavy atom. The fourth-order valence-corrected chi connectivity index (χ4v) is 6.45. The third kappa shape index (κ3) is 3.73. The molecule has 0 radical (unpaired) electrons. The summed E-state index contributed by atoms with van der Waals surface area (Å²) in [5.41, 5.74) is 2.32. The van der Waals surface area contributed by atoms with Crippen LogP contribution < -0.4 is 9.64 Å². The van der Waals surface area contributed by atoms with Gasteiger partial charge in [0.25, 0.3) is 5.91 Å². The van der Waals surface area contributed by atoms with Crippen LogP contribution in [0.25, 0.3) is 21.2 Å². The lowest BCUT2D eigenvalue weighted by Gasteiger charge is -2.22. The highest BCUT2D eigenvalue weighted by molar-refractivity contribution is 7.22. The van der Waals surface area contributed by atoms with Gasteiger partial charge in [-0.2, -0.15) is 0 Å². The number of methoxy groups -OCH3 is 1. The summed E-state index contributed by atoms with van der Waals surface area (Å²) in [5, 5.41) is 14.0. The molecule has 0 bridgehead atoms. The van der Waals surface area contributed by atoms with E-state index in [0.29, 0.717) is 27.8 Å². The predicted molar refractivity (Wildman–Crippen MR) is 145 cm³/mol. The Morgan fingerprint density at radius 1 is 1.16 bits per heavy atom. The van der Waals surface area contributed by atoms with Crippen molar-refractivity contribution in [3.05, 3.63) is 87.5 Å². The second-order valence-corrected chi connectivity index (χ2v) is 11.0. The molecule has 1 N–H and O–H groups in total. The molecule has 1 aliphatic heterocycles. The summed E-state index contributed by atoms with van der Waals surface area (Å²) in [6.07, 6.45) is 0. The molecular formula is C28H22N2O5S2. The molecule has 4 heterocycles. The van der Waals surface area contributed by atoms with E-state index in [-0.39, 0.29) is 11.3 Å². The Morgan fingerprint density at radius 3 is 2.73 bits per heavy atom. The molecule has 2 aromatic carbocycles. The molecule has 3 aromatic heterocycles. The summed E-state index contributed by atoms with van der Waals surface area (Å²) >= 11 is 2.76. The number of carbonyl (C=O) groups excluding carboxylic acids is 2. The minimum absolute atomic E-state index is 0.0168. The molecule has 37 heavy (non-hydrogen) atoms. The average molecular weight is 531 g/mol. The van der Waals surface area contributed by atoms with E-state index in [1.54, 1.807) is 18.2 Å². The molecule has 0 saturated carbocycles. The lowest BCUT2D eigenvalue weighted by Crippen LogP contribution is -2.30. The molecule has 1 atom stereocenters. The van der Waals surface area contributed by atoms with Crippen LogP contribution in [0.4, 0.5) is 5.13 Å². The number of para-hydroxylation sites is 1. The van der Waals surface area contributed by atoms with E-state index in [0.717, 1.165) is 15.1 Å². The van der Waals surface area contributed by atoms with Gasteiger partial charge in [-0.05, 0) is 47.2 Å². The Hall–Kier alpha value is -3.95. The SMILES string of the molecule is COc1cccc2cc(C(=O)C3=C(O)C(=O)N(c4nc5ccc(C(C)C)cc5s4)C3c3cccs3)oc12. The van der Waals surface area contributed by atoms with Crippen molar-refractivity contribution in [3.8, 4) is 5.75 Å². The van der Waals surface area contributed by atoms with Crippen molar-refractivity contribution in [1.82, 2.24) is 4.98 Å². The molecule has 9 heteroatoms. The van der Waals surface area contributed by atoms with E-state index in [1.165, 1.54) is 40.2 Å². The lowest BCUT2D eigenvalue weighted by molar-refractivity contribution is -0.117. The Labute approximate surface area is 220 Å². The topological polar surface area (TPSA) is 92.9 Å². The van der Waals surface area contributed by atoms with Gasteiger partial charge in [-0.25, -0.2) is 4.98 Å². The van der Waals surface area contributed by atoms with Gasteiger partial charge in [0.2, 0.25) is 5.78 Å². The number of anilines is 1. The standard InChI is InChI=1S/C28H22N2O5S2/c1-14(2)15-9-10-17-21(13-15)37-28(29-17)30-23(20-8-5-11-36-20)22(25(32)27(30)33)24(31)19-12-16-6-4-7-18(34-3)26(16)35-19/h4-14,23,32H,1-3H3. The fourth-order valence-electron chi connectivity index (χ4n) is 4.58. The number of carbonyl (C=O) groups is 2. The molecule has 1 unspecified atom stereocenters. The van der Waals surface area contributed by atoms with Gasteiger partial charge in [0.1, 0.15) is 6.04 Å². The van der Waals surface area contributed by atoms with E-state index >= 15 is 0 Å². The maximum Gasteiger partial charge on any atom is 0.296 e. The van der Waals surface area contributed by atoms with Crippen molar-refractivity contribution in [2.45, 2.75) is 25.8 Å². The first kappa shape index (κ1) is 23.4. The van der Waals surface area contributed by atoms with Crippen molar-refractivity contribution in [3.63, 3.8) is 0 Å². The van der Waals surface area contributed by atoms with Gasteiger partial charge < -0.3 is 14.3 Å². The Balaban J connectivity index is 1.47. The summed E-state index contributed by atoms with van der Waals surface area (Å²) in [6, 6.07) is 15.8. The summed E-state index contributed by atoms with van der Waals surface area (Å²) in [5.74, 6) is -0.976. The Bertz CT molecular complexity index is 1710. The summed E-state index contributed by atoms with van der Waals surface area (Å²) in [6.45, 7) is 4.24. The number of rotatable bonds is 6. The molecule has 6 rings (SSSR count). The smallest absolute Gasteiger partial charge is 0.296 e. The molecule has 0 fully saturated rings. The van der Waals surface area contributed by atoms with Gasteiger partial charge in [0, 0.05) is 10.3 Å². The largest absolute Gasteiger partial charge is 0.503 e. The number of aromatic nitrogens is 1. The molecule has 0 saturated heterocycles. The number of hydrogen-bond donors (Lipinski definition) is 1. The normalized spacial score (nSPS) is 16.1. The zero-order chi connectivity index (χ0) is 25.8. The van der Waals surface area contributed by atoms with Gasteiger partial charge in [0.15, 0.2) is 28.0 Å². The third-order valence-corrected chi connectivity index (χ3v) is 8.43. The highest BCUT2D eigenvalue weighted by Gasteiger charge is 2.47. The van der Waals surface area contributed by atoms with E-state index < -0.39 is 23.5 Å². The van der Waals surface area contributed by atoms with Crippen LogP contribution in [0.2, 0.25) is 0 Å². The van der Waals surface area contributed by atoms with Gasteiger partial charge in [-0.3, -0.25) is 14.5 Å². The number of ether oxygens (including phenoxy) is 1. The molecule has 0 aliphatic carbocycles. The highest BCUT2D eigenvalue weighted by Crippen LogP contribution is 2.46. The van der Waals surface area contributed by atoms with Crippen LogP contribution in [-0.2, 0) is 4.79 Å². The van der Waals surface area contributed by atoms with Crippen molar-refractivity contribution in [2.75, 3.05) is 12.0 Å². The van der Waals surface area contributed by atoms with E-state index in [9.17, 15) is 14.7 Å². The first-order chi connectivity index (χ1) is 17.9. The first-order valence-electron chi connectivity index (χ1n) is 11.7. The number of aliphatic hydroxyl groups is 1. The maximum atomic E-state index is 13.8. The van der Waals surface area contributed by atoms with Crippen LogP contribution >= 0.6 is 22.7 Å². The number of thiophene rings is 1. The number of benzene rings is 2. The number of Topliss-reactive ketones (excluding diaryl/α,β-unsaturated/α-hetero) is 1. The monoisotopic (exact) mass is 530 g/mol. The molecular weight excluding hydrogens is 508 g/mol. The van der Waals surface area contributed by atoms with Crippen LogP contribution in [0.15, 0.2) is 75.7 Å². The fraction of sp³-hybridized carbons (Fsp3) is 0.179. The minimum Gasteiger partial charge on any atom is -0.503 e. The summed E-state index contributed by atoms with van der Waals surface area (Å²) in [7, 11) is 1.52. The van der Waals surface area contributed by atoms with Crippen LogP contribution in [0, 0.1) is 0 Å². The van der Waals surface area contributed by atoms with E-state index in [1.807, 2.05) is 35.7 Å². The maximum absolute atomic E-state index is 13.8.